The molecule has 5 heteroatoms. The van der Waals surface area contributed by atoms with E-state index in [0.717, 1.165) is 38.5 Å². The molecule has 0 aliphatic heterocycles. The zero-order valence-electron chi connectivity index (χ0n) is 19.8. The number of rotatable bonds is 19. The van der Waals surface area contributed by atoms with Gasteiger partial charge >= 0.3 is 5.97 Å². The summed E-state index contributed by atoms with van der Waals surface area (Å²) >= 11 is 1.46. The number of hydrogen-bond donors (Lipinski definition) is 1. The van der Waals surface area contributed by atoms with Gasteiger partial charge in [0.15, 0.2) is 0 Å². The van der Waals surface area contributed by atoms with Gasteiger partial charge in [-0.05, 0) is 45.4 Å². The van der Waals surface area contributed by atoms with Crippen LogP contribution in [0.25, 0.3) is 0 Å². The third-order valence-electron chi connectivity index (χ3n) is 3.99. The minimum Gasteiger partial charge on any atom is -0.465 e. The van der Waals surface area contributed by atoms with Gasteiger partial charge in [-0.25, -0.2) is 0 Å². The van der Waals surface area contributed by atoms with Crippen molar-refractivity contribution in [3.8, 4) is 0 Å². The molecule has 178 valence electrons. The number of amides is 1. The highest BCUT2D eigenvalue weighted by atomic mass is 32.2. The van der Waals surface area contributed by atoms with E-state index in [2.05, 4.69) is 73.0 Å². The molecule has 0 bridgehead atoms. The number of carbonyl (C=O) groups is 2. The summed E-state index contributed by atoms with van der Waals surface area (Å²) in [5.74, 6) is 0.828. The van der Waals surface area contributed by atoms with E-state index in [9.17, 15) is 9.59 Å². The molecule has 0 aromatic rings. The number of nitrogens with one attached hydrogen (secondary N) is 1. The topological polar surface area (TPSA) is 55.4 Å². The van der Waals surface area contributed by atoms with Crippen LogP contribution in [0, 0.1) is 0 Å². The smallest absolute Gasteiger partial charge is 0.315 e. The molecule has 0 aromatic carbocycles. The van der Waals surface area contributed by atoms with Crippen molar-refractivity contribution in [3.05, 3.63) is 72.9 Å². The third-order valence-corrected chi connectivity index (χ3v) is 4.93. The van der Waals surface area contributed by atoms with Gasteiger partial charge in [0.1, 0.15) is 0 Å². The van der Waals surface area contributed by atoms with Gasteiger partial charge in [-0.2, -0.15) is 0 Å². The van der Waals surface area contributed by atoms with Crippen LogP contribution in [0.4, 0.5) is 0 Å². The van der Waals surface area contributed by atoms with E-state index in [1.54, 1.807) is 6.92 Å². The van der Waals surface area contributed by atoms with Gasteiger partial charge in [0.05, 0.1) is 12.4 Å². The molecule has 1 amide bonds. The Morgan fingerprint density at radius 3 is 1.66 bits per heavy atom. The van der Waals surface area contributed by atoms with Crippen molar-refractivity contribution in [1.82, 2.24) is 5.32 Å². The predicted molar refractivity (Wildman–Crippen MR) is 140 cm³/mol. The lowest BCUT2D eigenvalue weighted by Gasteiger charge is -2.03. The van der Waals surface area contributed by atoms with Gasteiger partial charge in [0.2, 0.25) is 5.91 Å². The quantitative estimate of drug-likeness (QED) is 0.136. The second-order valence-corrected chi connectivity index (χ2v) is 7.93. The largest absolute Gasteiger partial charge is 0.465 e. The maximum absolute atomic E-state index is 11.7. The molecule has 4 nitrogen and oxygen atoms in total. The summed E-state index contributed by atoms with van der Waals surface area (Å²) in [5, 5.41) is 2.84. The van der Waals surface area contributed by atoms with Gasteiger partial charge in [-0.15, -0.1) is 11.8 Å². The minimum absolute atomic E-state index is 0.00164. The number of esters is 1. The van der Waals surface area contributed by atoms with Gasteiger partial charge < -0.3 is 10.1 Å². The maximum atomic E-state index is 11.7. The molecule has 0 saturated heterocycles. The van der Waals surface area contributed by atoms with E-state index in [-0.39, 0.29) is 11.9 Å². The monoisotopic (exact) mass is 459 g/mol. The minimum atomic E-state index is -0.207. The first-order valence-corrected chi connectivity index (χ1v) is 12.8. The number of allylic oxidation sites excluding steroid dienone is 11. The fourth-order valence-corrected chi connectivity index (χ4v) is 3.05. The van der Waals surface area contributed by atoms with E-state index >= 15 is 0 Å². The lowest BCUT2D eigenvalue weighted by Crippen LogP contribution is -2.25. The molecule has 32 heavy (non-hydrogen) atoms. The lowest BCUT2D eigenvalue weighted by molar-refractivity contribution is -0.139. The molecule has 1 N–H and O–H groups in total. The maximum Gasteiger partial charge on any atom is 0.315 e. The Hall–Kier alpha value is -2.27. The SMILES string of the molecule is CC/C=C\C/C=C\C/C=C\C/C=C\C/C=C\C/C=C\CC(=O)NCCSCC(=O)OCC. The normalized spacial score (nSPS) is 12.4. The van der Waals surface area contributed by atoms with Gasteiger partial charge in [-0.3, -0.25) is 9.59 Å². The van der Waals surface area contributed by atoms with Crippen LogP contribution >= 0.6 is 11.8 Å². The first kappa shape index (κ1) is 29.7. The van der Waals surface area contributed by atoms with Crippen molar-refractivity contribution in [2.45, 2.75) is 58.8 Å². The summed E-state index contributed by atoms with van der Waals surface area (Å²) in [6.45, 7) is 4.90. The van der Waals surface area contributed by atoms with E-state index in [1.807, 2.05) is 12.2 Å². The van der Waals surface area contributed by atoms with Crippen molar-refractivity contribution in [2.24, 2.45) is 0 Å². The van der Waals surface area contributed by atoms with E-state index < -0.39 is 0 Å². The number of thioether (sulfide) groups is 1. The molecule has 0 aliphatic carbocycles. The van der Waals surface area contributed by atoms with Crippen LogP contribution in [0.1, 0.15) is 58.8 Å². The van der Waals surface area contributed by atoms with Crippen molar-refractivity contribution in [2.75, 3.05) is 24.7 Å². The van der Waals surface area contributed by atoms with E-state index in [1.165, 1.54) is 11.8 Å². The lowest BCUT2D eigenvalue weighted by atomic mass is 10.2. The Labute approximate surface area is 199 Å². The Balaban J connectivity index is 3.59. The second-order valence-electron chi connectivity index (χ2n) is 6.83. The van der Waals surface area contributed by atoms with Crippen molar-refractivity contribution in [3.63, 3.8) is 0 Å². The summed E-state index contributed by atoms with van der Waals surface area (Å²) in [7, 11) is 0. The first-order chi connectivity index (χ1) is 15.7. The highest BCUT2D eigenvalue weighted by molar-refractivity contribution is 7.99. The molecular formula is C27H41NO3S. The molecule has 0 aliphatic rings. The van der Waals surface area contributed by atoms with Crippen LogP contribution in [0.15, 0.2) is 72.9 Å². The summed E-state index contributed by atoms with van der Waals surface area (Å²) < 4.78 is 4.84. The Kier molecular flexibility index (Phi) is 23.2. The van der Waals surface area contributed by atoms with E-state index in [4.69, 9.17) is 4.74 Å². The average molecular weight is 460 g/mol. The fourth-order valence-electron chi connectivity index (χ4n) is 2.41. The van der Waals surface area contributed by atoms with Crippen LogP contribution < -0.4 is 5.32 Å². The Morgan fingerprint density at radius 2 is 1.19 bits per heavy atom. The highest BCUT2D eigenvalue weighted by Crippen LogP contribution is 2.00. The van der Waals surface area contributed by atoms with Gasteiger partial charge in [-0.1, -0.05) is 79.8 Å². The molecule has 0 rings (SSSR count). The van der Waals surface area contributed by atoms with Crippen LogP contribution in [-0.2, 0) is 14.3 Å². The second kappa shape index (κ2) is 25.0. The zero-order chi connectivity index (χ0) is 23.5. The predicted octanol–water partition coefficient (Wildman–Crippen LogP) is 6.49. The van der Waals surface area contributed by atoms with Crippen molar-refractivity contribution in [1.29, 1.82) is 0 Å². The molecule has 0 unspecified atom stereocenters. The molecule has 0 radical (unpaired) electrons. The Bertz CT molecular complexity index is 645. The summed E-state index contributed by atoms with van der Waals surface area (Å²) in [6.07, 6.45) is 31.9. The van der Waals surface area contributed by atoms with Gasteiger partial charge in [0.25, 0.3) is 0 Å². The molecule has 0 spiro atoms. The van der Waals surface area contributed by atoms with Gasteiger partial charge in [0, 0.05) is 18.7 Å². The fraction of sp³-hybridized carbons (Fsp3) is 0.481. The molecule has 0 heterocycles. The standard InChI is InChI=1S/C27H41NO3S/c1-3-5-6-7-8-9-10-11-12-13-14-15-16-17-18-19-20-21-22-26(29)28-23-24-32-25-27(30)31-4-2/h5-6,8-9,11-12,14-15,17-18,20-21H,3-4,7,10,13,16,19,22-25H2,1-2H3,(H,28,29)/b6-5-,9-8-,12-11-,15-14-,18-17-,21-20-. The van der Waals surface area contributed by atoms with Crippen LogP contribution in [0.2, 0.25) is 0 Å². The molecular weight excluding hydrogens is 418 g/mol. The summed E-state index contributed by atoms with van der Waals surface area (Å²) in [5.41, 5.74) is 0. The van der Waals surface area contributed by atoms with Crippen LogP contribution in [-0.4, -0.2) is 36.5 Å². The van der Waals surface area contributed by atoms with Crippen LogP contribution in [0.5, 0.6) is 0 Å². The highest BCUT2D eigenvalue weighted by Gasteiger charge is 2.01. The number of carbonyl (C=O) groups excluding carboxylic acids is 2. The molecule has 0 fully saturated rings. The van der Waals surface area contributed by atoms with Crippen molar-refractivity contribution >= 4 is 23.6 Å². The number of ether oxygens (including phenoxy) is 1. The molecule has 0 atom stereocenters. The van der Waals surface area contributed by atoms with E-state index in [0.29, 0.717) is 31.1 Å². The Morgan fingerprint density at radius 1 is 0.719 bits per heavy atom. The summed E-state index contributed by atoms with van der Waals surface area (Å²) in [4.78, 5) is 22.9. The van der Waals surface area contributed by atoms with Crippen molar-refractivity contribution < 1.29 is 14.3 Å². The van der Waals surface area contributed by atoms with Crippen LogP contribution in [0.3, 0.4) is 0 Å². The summed E-state index contributed by atoms with van der Waals surface area (Å²) in [6, 6.07) is 0. The molecule has 0 saturated carbocycles. The molecule has 0 aromatic heterocycles. The average Bonchev–Trinajstić information content (AvgIpc) is 2.78. The zero-order valence-corrected chi connectivity index (χ0v) is 20.7. The number of hydrogen-bond acceptors (Lipinski definition) is 4. The third kappa shape index (κ3) is 24.0. The first-order valence-electron chi connectivity index (χ1n) is 11.6.